The highest BCUT2D eigenvalue weighted by molar-refractivity contribution is 7.09. The molecule has 0 atom stereocenters. The van der Waals surface area contributed by atoms with Gasteiger partial charge in [-0.05, 0) is 12.1 Å². The lowest BCUT2D eigenvalue weighted by Crippen LogP contribution is -2.17. The van der Waals surface area contributed by atoms with Crippen LogP contribution in [0.1, 0.15) is 31.5 Å². The van der Waals surface area contributed by atoms with E-state index in [0.29, 0.717) is 5.76 Å². The molecule has 0 amide bonds. The Bertz CT molecular complexity index is 790. The van der Waals surface area contributed by atoms with E-state index < -0.39 is 5.76 Å². The summed E-state index contributed by atoms with van der Waals surface area (Å²) in [5.41, 5.74) is 0.795. The first-order chi connectivity index (χ1) is 9.93. The number of rotatable bonds is 3. The summed E-state index contributed by atoms with van der Waals surface area (Å²) < 4.78 is 11.5. The minimum absolute atomic E-state index is 0.00294. The monoisotopic (exact) mass is 305 g/mol. The number of thiazole rings is 1. The van der Waals surface area contributed by atoms with Gasteiger partial charge in [-0.25, -0.2) is 9.78 Å². The molecule has 0 bridgehead atoms. The molecule has 21 heavy (non-hydrogen) atoms. The summed E-state index contributed by atoms with van der Waals surface area (Å²) in [5.74, 6) is 0.0856. The third kappa shape index (κ3) is 2.82. The smallest absolute Gasteiger partial charge is 0.437 e. The minimum Gasteiger partial charge on any atom is -0.459 e. The molecule has 0 aliphatic heterocycles. The summed E-state index contributed by atoms with van der Waals surface area (Å²) in [4.78, 5) is 16.4. The molecule has 0 aliphatic carbocycles. The summed E-state index contributed by atoms with van der Waals surface area (Å²) in [6.07, 6.45) is 1.50. The zero-order valence-electron chi connectivity index (χ0n) is 12.0. The first-order valence-corrected chi connectivity index (χ1v) is 7.38. The fraction of sp³-hybridized carbons (Fsp3) is 0.357. The Balaban J connectivity index is 1.86. The Morgan fingerprint density at radius 2 is 2.19 bits per heavy atom. The summed E-state index contributed by atoms with van der Waals surface area (Å²) in [6.45, 7) is 6.60. The maximum absolute atomic E-state index is 11.8. The van der Waals surface area contributed by atoms with E-state index in [4.69, 9.17) is 8.83 Å². The lowest BCUT2D eigenvalue weighted by Gasteiger charge is -2.13. The van der Waals surface area contributed by atoms with Crippen LogP contribution < -0.4 is 5.76 Å². The number of nitrogens with zero attached hydrogens (tertiary/aromatic N) is 3. The first-order valence-electron chi connectivity index (χ1n) is 6.50. The molecule has 0 aliphatic rings. The first kappa shape index (κ1) is 13.8. The van der Waals surface area contributed by atoms with Crippen molar-refractivity contribution in [3.63, 3.8) is 0 Å². The molecule has 6 nitrogen and oxygen atoms in total. The second kappa shape index (κ2) is 5.00. The second-order valence-corrected chi connectivity index (χ2v) is 6.56. The van der Waals surface area contributed by atoms with Crippen molar-refractivity contribution < 1.29 is 8.83 Å². The lowest BCUT2D eigenvalue weighted by molar-refractivity contribution is 0.475. The van der Waals surface area contributed by atoms with Gasteiger partial charge in [-0.2, -0.15) is 4.68 Å². The maximum atomic E-state index is 11.8. The molecule has 0 radical (unpaired) electrons. The van der Waals surface area contributed by atoms with Gasteiger partial charge in [0.15, 0.2) is 5.76 Å². The highest BCUT2D eigenvalue weighted by Gasteiger charge is 2.19. The van der Waals surface area contributed by atoms with Crippen LogP contribution in [0.3, 0.4) is 0 Å². The Morgan fingerprint density at radius 3 is 2.81 bits per heavy atom. The standard InChI is InChI=1S/C14H15N3O3S/c1-14(2,3)12-15-9(8-21-12)7-17-13(18)20-11(16-17)10-5-4-6-19-10/h4-6,8H,7H2,1-3H3. The van der Waals surface area contributed by atoms with Crippen molar-refractivity contribution in [3.05, 3.63) is 45.0 Å². The SMILES string of the molecule is CC(C)(C)c1nc(Cn2nc(-c3ccco3)oc2=O)cs1. The van der Waals surface area contributed by atoms with Crippen LogP contribution >= 0.6 is 11.3 Å². The van der Waals surface area contributed by atoms with Gasteiger partial charge in [0.2, 0.25) is 0 Å². The largest absolute Gasteiger partial charge is 0.459 e. The van der Waals surface area contributed by atoms with Crippen LogP contribution in [-0.2, 0) is 12.0 Å². The van der Waals surface area contributed by atoms with Crippen molar-refractivity contribution in [1.29, 1.82) is 0 Å². The van der Waals surface area contributed by atoms with Gasteiger partial charge in [-0.15, -0.1) is 16.4 Å². The molecule has 0 unspecified atom stereocenters. The van der Waals surface area contributed by atoms with E-state index >= 15 is 0 Å². The van der Waals surface area contributed by atoms with E-state index in [1.165, 1.54) is 10.9 Å². The molecule has 7 heteroatoms. The topological polar surface area (TPSA) is 74.1 Å². The number of aromatic nitrogens is 3. The number of hydrogen-bond acceptors (Lipinski definition) is 6. The van der Waals surface area contributed by atoms with Crippen molar-refractivity contribution >= 4 is 11.3 Å². The lowest BCUT2D eigenvalue weighted by atomic mass is 9.98. The molecule has 0 spiro atoms. The highest BCUT2D eigenvalue weighted by Crippen LogP contribution is 2.25. The summed E-state index contributed by atoms with van der Waals surface area (Å²) in [7, 11) is 0. The fourth-order valence-electron chi connectivity index (χ4n) is 1.78. The Labute approximate surface area is 125 Å². The van der Waals surface area contributed by atoms with Crippen LogP contribution in [0, 0.1) is 0 Å². The molecule has 0 N–H and O–H groups in total. The minimum atomic E-state index is -0.522. The van der Waals surface area contributed by atoms with Gasteiger partial charge in [0, 0.05) is 10.8 Å². The average Bonchev–Trinajstić information content (AvgIpc) is 3.10. The Hall–Kier alpha value is -2.15. The molecule has 3 heterocycles. The van der Waals surface area contributed by atoms with Crippen LogP contribution in [0.5, 0.6) is 0 Å². The molecule has 3 aromatic heterocycles. The summed E-state index contributed by atoms with van der Waals surface area (Å²) in [5, 5.41) is 7.09. The third-order valence-corrected chi connectivity index (χ3v) is 4.16. The van der Waals surface area contributed by atoms with Gasteiger partial charge in [0.25, 0.3) is 5.89 Å². The Morgan fingerprint density at radius 1 is 1.38 bits per heavy atom. The van der Waals surface area contributed by atoms with Crippen LogP contribution in [0.2, 0.25) is 0 Å². The average molecular weight is 305 g/mol. The van der Waals surface area contributed by atoms with Crippen molar-refractivity contribution in [3.8, 4) is 11.7 Å². The van der Waals surface area contributed by atoms with Gasteiger partial charge in [0.05, 0.1) is 23.5 Å². The molecule has 3 rings (SSSR count). The zero-order valence-corrected chi connectivity index (χ0v) is 12.8. The van der Waals surface area contributed by atoms with Crippen molar-refractivity contribution in [2.45, 2.75) is 32.7 Å². The van der Waals surface area contributed by atoms with E-state index in [1.807, 2.05) is 5.38 Å². The van der Waals surface area contributed by atoms with Crippen LogP contribution in [0.4, 0.5) is 0 Å². The van der Waals surface area contributed by atoms with Gasteiger partial charge >= 0.3 is 5.76 Å². The number of hydrogen-bond donors (Lipinski definition) is 0. The van der Waals surface area contributed by atoms with E-state index in [1.54, 1.807) is 23.5 Å². The Kier molecular flexibility index (Phi) is 3.29. The van der Waals surface area contributed by atoms with Gasteiger partial charge < -0.3 is 8.83 Å². The predicted molar refractivity (Wildman–Crippen MR) is 78.4 cm³/mol. The van der Waals surface area contributed by atoms with E-state index in [2.05, 4.69) is 30.9 Å². The van der Waals surface area contributed by atoms with E-state index in [9.17, 15) is 4.79 Å². The molecular formula is C14H15N3O3S. The van der Waals surface area contributed by atoms with E-state index in [0.717, 1.165) is 10.7 Å². The molecule has 110 valence electrons. The number of furan rings is 1. The van der Waals surface area contributed by atoms with Crippen LogP contribution in [-0.4, -0.2) is 14.8 Å². The molecular weight excluding hydrogens is 290 g/mol. The van der Waals surface area contributed by atoms with Crippen molar-refractivity contribution in [2.75, 3.05) is 0 Å². The van der Waals surface area contributed by atoms with Crippen LogP contribution in [0.25, 0.3) is 11.7 Å². The van der Waals surface area contributed by atoms with Crippen LogP contribution in [0.15, 0.2) is 37.4 Å². The molecule has 0 saturated carbocycles. The molecule has 0 aromatic carbocycles. The van der Waals surface area contributed by atoms with Crippen molar-refractivity contribution in [2.24, 2.45) is 0 Å². The van der Waals surface area contributed by atoms with Gasteiger partial charge in [0.1, 0.15) is 0 Å². The second-order valence-electron chi connectivity index (χ2n) is 5.70. The molecule has 0 saturated heterocycles. The third-order valence-electron chi connectivity index (χ3n) is 2.84. The van der Waals surface area contributed by atoms with Gasteiger partial charge in [-0.3, -0.25) is 0 Å². The predicted octanol–water partition coefficient (Wildman–Crippen LogP) is 2.90. The zero-order chi connectivity index (χ0) is 15.0. The molecule has 3 aromatic rings. The quantitative estimate of drug-likeness (QED) is 0.744. The fourth-order valence-corrected chi connectivity index (χ4v) is 2.68. The molecule has 0 fully saturated rings. The maximum Gasteiger partial charge on any atom is 0.437 e. The van der Waals surface area contributed by atoms with E-state index in [-0.39, 0.29) is 17.9 Å². The normalized spacial score (nSPS) is 12.0. The summed E-state index contributed by atoms with van der Waals surface area (Å²) >= 11 is 1.58. The van der Waals surface area contributed by atoms with Gasteiger partial charge in [-0.1, -0.05) is 20.8 Å². The highest BCUT2D eigenvalue weighted by atomic mass is 32.1. The summed E-state index contributed by atoms with van der Waals surface area (Å²) in [6, 6.07) is 3.40. The van der Waals surface area contributed by atoms with Crippen molar-refractivity contribution in [1.82, 2.24) is 14.8 Å².